The molecule has 0 amide bonds. The molecular formula is C11H7F3INO. The van der Waals surface area contributed by atoms with E-state index in [2.05, 4.69) is 4.98 Å². The van der Waals surface area contributed by atoms with Crippen LogP contribution in [0, 0.1) is 10.5 Å². The van der Waals surface area contributed by atoms with Crippen LogP contribution in [0.2, 0.25) is 0 Å². The lowest BCUT2D eigenvalue weighted by Crippen LogP contribution is -2.09. The quantitative estimate of drug-likeness (QED) is 0.723. The number of halogens is 4. The van der Waals surface area contributed by atoms with Crippen molar-refractivity contribution in [2.24, 2.45) is 0 Å². The number of aryl methyl sites for hydroxylation is 1. The number of aromatic amines is 1. The van der Waals surface area contributed by atoms with Gasteiger partial charge in [0.25, 0.3) is 0 Å². The van der Waals surface area contributed by atoms with Crippen molar-refractivity contribution in [2.45, 2.75) is 13.1 Å². The maximum absolute atomic E-state index is 12.6. The summed E-state index contributed by atoms with van der Waals surface area (Å²) >= 11 is 1.79. The molecule has 0 spiro atoms. The number of rotatable bonds is 0. The molecule has 1 heterocycles. The first-order chi connectivity index (χ1) is 7.79. The van der Waals surface area contributed by atoms with Crippen molar-refractivity contribution in [3.05, 3.63) is 43.2 Å². The third-order valence-corrected chi connectivity index (χ3v) is 3.29. The zero-order valence-electron chi connectivity index (χ0n) is 8.65. The summed E-state index contributed by atoms with van der Waals surface area (Å²) in [4.78, 5) is 13.8. The van der Waals surface area contributed by atoms with E-state index < -0.39 is 11.7 Å². The predicted molar refractivity (Wildman–Crippen MR) is 67.0 cm³/mol. The average molecular weight is 353 g/mol. The van der Waals surface area contributed by atoms with E-state index in [9.17, 15) is 18.0 Å². The molecule has 0 bridgehead atoms. The number of aromatic nitrogens is 1. The van der Waals surface area contributed by atoms with Gasteiger partial charge in [-0.05, 0) is 47.2 Å². The Hall–Kier alpha value is -1.05. The monoisotopic (exact) mass is 353 g/mol. The van der Waals surface area contributed by atoms with Gasteiger partial charge in [-0.15, -0.1) is 0 Å². The third-order valence-electron chi connectivity index (χ3n) is 2.44. The zero-order valence-corrected chi connectivity index (χ0v) is 10.8. The second-order valence-electron chi connectivity index (χ2n) is 3.69. The SMILES string of the molecule is Cc1cc(=O)[nH]c2c(I)cc(C(F)(F)F)cc12. The number of alkyl halides is 3. The molecule has 0 aliphatic carbocycles. The summed E-state index contributed by atoms with van der Waals surface area (Å²) in [5.41, 5.74) is -0.0337. The van der Waals surface area contributed by atoms with Gasteiger partial charge in [-0.1, -0.05) is 0 Å². The van der Waals surface area contributed by atoms with E-state index in [1.54, 1.807) is 29.5 Å². The second-order valence-corrected chi connectivity index (χ2v) is 4.86. The first-order valence-electron chi connectivity index (χ1n) is 4.69. The number of H-pyrrole nitrogens is 1. The van der Waals surface area contributed by atoms with Crippen LogP contribution >= 0.6 is 22.6 Å². The highest BCUT2D eigenvalue weighted by Gasteiger charge is 2.31. The van der Waals surface area contributed by atoms with Crippen LogP contribution in [0.25, 0.3) is 10.9 Å². The molecule has 0 radical (unpaired) electrons. The molecule has 0 unspecified atom stereocenters. The van der Waals surface area contributed by atoms with Crippen LogP contribution in [-0.4, -0.2) is 4.98 Å². The maximum atomic E-state index is 12.6. The van der Waals surface area contributed by atoms with Gasteiger partial charge in [-0.25, -0.2) is 0 Å². The Morgan fingerprint density at radius 3 is 2.47 bits per heavy atom. The smallest absolute Gasteiger partial charge is 0.321 e. The molecule has 17 heavy (non-hydrogen) atoms. The van der Waals surface area contributed by atoms with Crippen LogP contribution in [-0.2, 0) is 6.18 Å². The summed E-state index contributed by atoms with van der Waals surface area (Å²) in [5.74, 6) is 0. The van der Waals surface area contributed by atoms with Gasteiger partial charge in [0.05, 0.1) is 11.1 Å². The van der Waals surface area contributed by atoms with Crippen LogP contribution in [0.1, 0.15) is 11.1 Å². The Bertz CT molecular complexity index is 645. The minimum Gasteiger partial charge on any atom is -0.321 e. The molecule has 0 saturated carbocycles. The molecule has 0 aliphatic heterocycles. The molecule has 2 nitrogen and oxygen atoms in total. The zero-order chi connectivity index (χ0) is 12.8. The Labute approximate surface area is 108 Å². The number of fused-ring (bicyclic) bond motifs is 1. The van der Waals surface area contributed by atoms with Gasteiger partial charge in [-0.2, -0.15) is 13.2 Å². The molecular weight excluding hydrogens is 346 g/mol. The molecule has 2 rings (SSSR count). The molecule has 0 atom stereocenters. The van der Waals surface area contributed by atoms with Gasteiger partial charge in [0.1, 0.15) is 0 Å². The van der Waals surface area contributed by atoms with Crippen molar-refractivity contribution in [1.29, 1.82) is 0 Å². The first kappa shape index (κ1) is 12.4. The van der Waals surface area contributed by atoms with E-state index >= 15 is 0 Å². The summed E-state index contributed by atoms with van der Waals surface area (Å²) in [6.45, 7) is 1.62. The molecule has 1 aromatic carbocycles. The highest BCUT2D eigenvalue weighted by atomic mass is 127. The van der Waals surface area contributed by atoms with Crippen LogP contribution in [0.4, 0.5) is 13.2 Å². The Morgan fingerprint density at radius 2 is 1.88 bits per heavy atom. The molecule has 6 heteroatoms. The van der Waals surface area contributed by atoms with Gasteiger partial charge in [0.15, 0.2) is 0 Å². The second kappa shape index (κ2) is 4.01. The van der Waals surface area contributed by atoms with E-state index in [0.717, 1.165) is 12.1 Å². The highest BCUT2D eigenvalue weighted by molar-refractivity contribution is 14.1. The summed E-state index contributed by atoms with van der Waals surface area (Å²) in [7, 11) is 0. The average Bonchev–Trinajstić information content (AvgIpc) is 2.17. The van der Waals surface area contributed by atoms with Crippen LogP contribution in [0.5, 0.6) is 0 Å². The molecule has 1 N–H and O–H groups in total. The van der Waals surface area contributed by atoms with Crippen LogP contribution in [0.15, 0.2) is 23.0 Å². The molecule has 0 saturated heterocycles. The van der Waals surface area contributed by atoms with E-state index in [1.807, 2.05) is 0 Å². The van der Waals surface area contributed by atoms with Gasteiger partial charge >= 0.3 is 6.18 Å². The van der Waals surface area contributed by atoms with Crippen molar-refractivity contribution >= 4 is 33.5 Å². The number of pyridine rings is 1. The lowest BCUT2D eigenvalue weighted by atomic mass is 10.1. The van der Waals surface area contributed by atoms with Crippen molar-refractivity contribution in [3.8, 4) is 0 Å². The van der Waals surface area contributed by atoms with Gasteiger partial charge < -0.3 is 4.98 Å². The van der Waals surface area contributed by atoms with Gasteiger partial charge in [0, 0.05) is 15.0 Å². The molecule has 90 valence electrons. The minimum atomic E-state index is -4.38. The largest absolute Gasteiger partial charge is 0.416 e. The number of benzene rings is 1. The predicted octanol–water partition coefficient (Wildman–Crippen LogP) is 3.46. The number of nitrogens with one attached hydrogen (secondary N) is 1. The standard InChI is InChI=1S/C11H7F3INO/c1-5-2-9(17)16-10-7(5)3-6(4-8(10)15)11(12,13)14/h2-4H,1H3,(H,16,17). The topological polar surface area (TPSA) is 32.9 Å². The summed E-state index contributed by atoms with van der Waals surface area (Å²) in [5, 5.41) is 0.420. The molecule has 0 fully saturated rings. The first-order valence-corrected chi connectivity index (χ1v) is 5.77. The molecule has 2 aromatic rings. The fourth-order valence-electron chi connectivity index (χ4n) is 1.64. The van der Waals surface area contributed by atoms with Crippen molar-refractivity contribution in [3.63, 3.8) is 0 Å². The van der Waals surface area contributed by atoms with Gasteiger partial charge in [0.2, 0.25) is 5.56 Å². The van der Waals surface area contributed by atoms with E-state index in [-0.39, 0.29) is 5.56 Å². The fraction of sp³-hybridized carbons (Fsp3) is 0.182. The van der Waals surface area contributed by atoms with E-state index in [1.165, 1.54) is 6.07 Å². The van der Waals surface area contributed by atoms with Crippen molar-refractivity contribution < 1.29 is 13.2 Å². The molecule has 1 aromatic heterocycles. The van der Waals surface area contributed by atoms with Crippen LogP contribution in [0.3, 0.4) is 0 Å². The Kier molecular flexibility index (Phi) is 2.92. The summed E-state index contributed by atoms with van der Waals surface area (Å²) in [6, 6.07) is 3.37. The summed E-state index contributed by atoms with van der Waals surface area (Å²) < 4.78 is 38.3. The summed E-state index contributed by atoms with van der Waals surface area (Å²) in [6.07, 6.45) is -4.38. The third kappa shape index (κ3) is 2.31. The van der Waals surface area contributed by atoms with E-state index in [0.29, 0.717) is 20.0 Å². The highest BCUT2D eigenvalue weighted by Crippen LogP contribution is 2.33. The van der Waals surface area contributed by atoms with E-state index in [4.69, 9.17) is 0 Å². The fourth-order valence-corrected chi connectivity index (χ4v) is 2.40. The lowest BCUT2D eigenvalue weighted by Gasteiger charge is -2.10. The number of hydrogen-bond donors (Lipinski definition) is 1. The normalized spacial score (nSPS) is 12.1. The number of hydrogen-bond acceptors (Lipinski definition) is 1. The van der Waals surface area contributed by atoms with Crippen LogP contribution < -0.4 is 5.56 Å². The minimum absolute atomic E-state index is 0.312. The van der Waals surface area contributed by atoms with Crippen molar-refractivity contribution in [2.75, 3.05) is 0 Å². The van der Waals surface area contributed by atoms with Crippen molar-refractivity contribution in [1.82, 2.24) is 4.98 Å². The van der Waals surface area contributed by atoms with Gasteiger partial charge in [-0.3, -0.25) is 4.79 Å². The maximum Gasteiger partial charge on any atom is 0.416 e. The molecule has 0 aliphatic rings. The Morgan fingerprint density at radius 1 is 1.24 bits per heavy atom. The Balaban J connectivity index is 2.87. The lowest BCUT2D eigenvalue weighted by molar-refractivity contribution is -0.137.